The van der Waals surface area contributed by atoms with Crippen molar-refractivity contribution >= 4 is 15.8 Å². The topological polar surface area (TPSA) is 71.1 Å². The molecule has 0 saturated heterocycles. The van der Waals surface area contributed by atoms with Gasteiger partial charge in [0.1, 0.15) is 10.7 Å². The third-order valence-electron chi connectivity index (χ3n) is 3.13. The van der Waals surface area contributed by atoms with Crippen molar-refractivity contribution in [3.8, 4) is 0 Å². The second-order valence-electron chi connectivity index (χ2n) is 4.79. The van der Waals surface area contributed by atoms with Crippen LogP contribution in [-0.2, 0) is 10.0 Å². The molecule has 0 radical (unpaired) electrons. The lowest BCUT2D eigenvalue weighted by Gasteiger charge is -2.07. The van der Waals surface area contributed by atoms with Crippen molar-refractivity contribution in [3.63, 3.8) is 0 Å². The van der Waals surface area contributed by atoms with Gasteiger partial charge in [0, 0.05) is 19.8 Å². The number of nitrogens with zero attached hydrogens (tertiary/aromatic N) is 1. The fraction of sp³-hybridized carbons (Fsp3) is 0.643. The van der Waals surface area contributed by atoms with Crippen LogP contribution < -0.4 is 10.0 Å². The molecule has 0 fully saturated rings. The summed E-state index contributed by atoms with van der Waals surface area (Å²) in [4.78, 5) is 4.22. The average molecular weight is 299 g/mol. The van der Waals surface area contributed by atoms with E-state index < -0.39 is 10.0 Å². The molecule has 1 aromatic heterocycles. The lowest BCUT2D eigenvalue weighted by molar-refractivity contribution is 0.567. The predicted octanol–water partition coefficient (Wildman–Crippen LogP) is 2.76. The Morgan fingerprint density at radius 3 is 2.40 bits per heavy atom. The van der Waals surface area contributed by atoms with Crippen LogP contribution in [0.4, 0.5) is 5.82 Å². The summed E-state index contributed by atoms with van der Waals surface area (Å²) < 4.78 is 26.6. The zero-order valence-corrected chi connectivity index (χ0v) is 13.2. The van der Waals surface area contributed by atoms with Crippen LogP contribution in [0.5, 0.6) is 0 Å². The number of unbranched alkanes of at least 4 members (excludes halogenated alkanes) is 5. The minimum Gasteiger partial charge on any atom is -0.373 e. The molecule has 0 atom stereocenters. The monoisotopic (exact) mass is 299 g/mol. The molecular weight excluding hydrogens is 274 g/mol. The van der Waals surface area contributed by atoms with Crippen molar-refractivity contribution in [2.45, 2.75) is 50.3 Å². The Morgan fingerprint density at radius 2 is 1.80 bits per heavy atom. The SMILES string of the molecule is CCCCCCCCNS(=O)(=O)c1ccc(NC)nc1. The van der Waals surface area contributed by atoms with Gasteiger partial charge in [0.05, 0.1) is 0 Å². The van der Waals surface area contributed by atoms with Gasteiger partial charge in [-0.25, -0.2) is 18.1 Å². The third kappa shape index (κ3) is 5.88. The first kappa shape index (κ1) is 16.9. The van der Waals surface area contributed by atoms with Gasteiger partial charge in [-0.05, 0) is 18.6 Å². The molecule has 0 aliphatic heterocycles. The van der Waals surface area contributed by atoms with E-state index in [1.807, 2.05) is 0 Å². The molecule has 1 aromatic rings. The van der Waals surface area contributed by atoms with E-state index in [0.29, 0.717) is 12.4 Å². The molecule has 0 spiro atoms. The Labute approximate surface area is 122 Å². The minimum atomic E-state index is -3.42. The average Bonchev–Trinajstić information content (AvgIpc) is 2.46. The lowest BCUT2D eigenvalue weighted by Crippen LogP contribution is -2.24. The first-order valence-corrected chi connectivity index (χ1v) is 8.72. The Balaban J connectivity index is 2.33. The quantitative estimate of drug-likeness (QED) is 0.652. The second kappa shape index (κ2) is 8.92. The summed E-state index contributed by atoms with van der Waals surface area (Å²) in [7, 11) is -1.68. The molecular formula is C14H25N3O2S. The smallest absolute Gasteiger partial charge is 0.242 e. The van der Waals surface area contributed by atoms with Crippen LogP contribution in [0, 0.1) is 0 Å². The van der Waals surface area contributed by atoms with Gasteiger partial charge >= 0.3 is 0 Å². The maximum Gasteiger partial charge on any atom is 0.242 e. The molecule has 6 heteroatoms. The maximum atomic E-state index is 12.0. The van der Waals surface area contributed by atoms with E-state index in [0.717, 1.165) is 12.8 Å². The highest BCUT2D eigenvalue weighted by Crippen LogP contribution is 2.10. The molecule has 0 saturated carbocycles. The van der Waals surface area contributed by atoms with Crippen molar-refractivity contribution in [2.24, 2.45) is 0 Å². The van der Waals surface area contributed by atoms with Gasteiger partial charge in [-0.15, -0.1) is 0 Å². The van der Waals surface area contributed by atoms with Crippen LogP contribution in [0.15, 0.2) is 23.2 Å². The molecule has 2 N–H and O–H groups in total. The number of hydrogen-bond donors (Lipinski definition) is 2. The number of nitrogens with one attached hydrogen (secondary N) is 2. The van der Waals surface area contributed by atoms with Gasteiger partial charge in [0.15, 0.2) is 0 Å². The van der Waals surface area contributed by atoms with Gasteiger partial charge in [-0.3, -0.25) is 0 Å². The molecule has 1 heterocycles. The summed E-state index contributed by atoms with van der Waals surface area (Å²) in [6.45, 7) is 2.67. The molecule has 5 nitrogen and oxygen atoms in total. The van der Waals surface area contributed by atoms with E-state index in [1.54, 1.807) is 19.2 Å². The number of sulfonamides is 1. The number of pyridine rings is 1. The molecule has 20 heavy (non-hydrogen) atoms. The van der Waals surface area contributed by atoms with E-state index in [9.17, 15) is 8.42 Å². The molecule has 0 aromatic carbocycles. The molecule has 0 bridgehead atoms. The van der Waals surface area contributed by atoms with Gasteiger partial charge in [0.25, 0.3) is 0 Å². The molecule has 0 unspecified atom stereocenters. The third-order valence-corrected chi connectivity index (χ3v) is 4.57. The van der Waals surface area contributed by atoms with Gasteiger partial charge in [-0.1, -0.05) is 39.0 Å². The van der Waals surface area contributed by atoms with Crippen LogP contribution in [-0.4, -0.2) is 27.0 Å². The summed E-state index contributed by atoms with van der Waals surface area (Å²) in [6.07, 6.45) is 8.21. The second-order valence-corrected chi connectivity index (χ2v) is 6.56. The minimum absolute atomic E-state index is 0.211. The highest BCUT2D eigenvalue weighted by atomic mass is 32.2. The van der Waals surface area contributed by atoms with E-state index in [-0.39, 0.29) is 4.90 Å². The van der Waals surface area contributed by atoms with Crippen molar-refractivity contribution < 1.29 is 8.42 Å². The number of hydrogen-bond acceptors (Lipinski definition) is 4. The number of aromatic nitrogens is 1. The van der Waals surface area contributed by atoms with Crippen LogP contribution in [0.2, 0.25) is 0 Å². The first-order valence-electron chi connectivity index (χ1n) is 7.23. The standard InChI is InChI=1S/C14H25N3O2S/c1-3-4-5-6-7-8-11-17-20(18,19)13-9-10-14(15-2)16-12-13/h9-10,12,17H,3-8,11H2,1-2H3,(H,15,16). The molecule has 114 valence electrons. The van der Waals surface area contributed by atoms with Crippen LogP contribution in [0.25, 0.3) is 0 Å². The lowest BCUT2D eigenvalue weighted by atomic mass is 10.1. The van der Waals surface area contributed by atoms with Crippen molar-refractivity contribution in [1.82, 2.24) is 9.71 Å². The summed E-state index contributed by atoms with van der Waals surface area (Å²) in [6, 6.07) is 3.21. The fourth-order valence-corrected chi connectivity index (χ4v) is 2.90. The fourth-order valence-electron chi connectivity index (χ4n) is 1.88. The van der Waals surface area contributed by atoms with E-state index in [4.69, 9.17) is 0 Å². The predicted molar refractivity (Wildman–Crippen MR) is 82.3 cm³/mol. The normalized spacial score (nSPS) is 11.5. The zero-order valence-electron chi connectivity index (χ0n) is 12.4. The summed E-state index contributed by atoms with van der Waals surface area (Å²) in [5.41, 5.74) is 0. The van der Waals surface area contributed by atoms with Crippen LogP contribution >= 0.6 is 0 Å². The van der Waals surface area contributed by atoms with Crippen molar-refractivity contribution in [3.05, 3.63) is 18.3 Å². The van der Waals surface area contributed by atoms with Crippen molar-refractivity contribution in [1.29, 1.82) is 0 Å². The summed E-state index contributed by atoms with van der Waals surface area (Å²) in [5, 5.41) is 2.86. The van der Waals surface area contributed by atoms with E-state index >= 15 is 0 Å². The Hall–Kier alpha value is -1.14. The Bertz CT molecular complexity index is 472. The zero-order chi connectivity index (χ0) is 14.8. The van der Waals surface area contributed by atoms with Gasteiger partial charge in [0.2, 0.25) is 10.0 Å². The van der Waals surface area contributed by atoms with Crippen molar-refractivity contribution in [2.75, 3.05) is 18.9 Å². The Morgan fingerprint density at radius 1 is 1.10 bits per heavy atom. The largest absolute Gasteiger partial charge is 0.373 e. The molecule has 0 aliphatic carbocycles. The molecule has 1 rings (SSSR count). The van der Waals surface area contributed by atoms with Crippen LogP contribution in [0.1, 0.15) is 45.4 Å². The van der Waals surface area contributed by atoms with Crippen LogP contribution in [0.3, 0.4) is 0 Å². The van der Waals surface area contributed by atoms with E-state index in [2.05, 4.69) is 21.9 Å². The highest BCUT2D eigenvalue weighted by molar-refractivity contribution is 7.89. The summed E-state index contributed by atoms with van der Waals surface area (Å²) in [5.74, 6) is 0.653. The van der Waals surface area contributed by atoms with Gasteiger partial charge in [-0.2, -0.15) is 0 Å². The summed E-state index contributed by atoms with van der Waals surface area (Å²) >= 11 is 0. The maximum absolute atomic E-state index is 12.0. The van der Waals surface area contributed by atoms with Gasteiger partial charge < -0.3 is 5.32 Å². The number of rotatable bonds is 10. The number of anilines is 1. The Kier molecular flexibility index (Phi) is 7.54. The van der Waals surface area contributed by atoms with E-state index in [1.165, 1.54) is 31.9 Å². The highest BCUT2D eigenvalue weighted by Gasteiger charge is 2.13. The molecule has 0 amide bonds. The molecule has 0 aliphatic rings. The first-order chi connectivity index (χ1) is 9.60.